The maximum absolute atomic E-state index is 5.67. The summed E-state index contributed by atoms with van der Waals surface area (Å²) < 4.78 is 10.8. The second-order valence-electron chi connectivity index (χ2n) is 4.12. The number of anilines is 1. The normalized spacial score (nSPS) is 10.7. The molecule has 0 unspecified atom stereocenters. The van der Waals surface area contributed by atoms with Crippen LogP contribution in [0.15, 0.2) is 30.6 Å². The van der Waals surface area contributed by atoms with Gasteiger partial charge >= 0.3 is 0 Å². The Morgan fingerprint density at radius 1 is 1.20 bits per heavy atom. The van der Waals surface area contributed by atoms with Gasteiger partial charge in [-0.15, -0.1) is 0 Å². The Morgan fingerprint density at radius 2 is 2.00 bits per heavy atom. The van der Waals surface area contributed by atoms with Crippen LogP contribution >= 0.6 is 0 Å². The van der Waals surface area contributed by atoms with Crippen molar-refractivity contribution in [2.24, 2.45) is 0 Å². The van der Waals surface area contributed by atoms with Crippen LogP contribution in [0.3, 0.4) is 0 Å². The summed E-state index contributed by atoms with van der Waals surface area (Å²) in [6.45, 7) is 0.370. The maximum atomic E-state index is 5.67. The number of H-pyrrole nitrogens is 1. The van der Waals surface area contributed by atoms with E-state index in [0.29, 0.717) is 23.7 Å². The number of rotatable bonds is 4. The van der Waals surface area contributed by atoms with Crippen molar-refractivity contribution in [3.8, 4) is 11.6 Å². The quantitative estimate of drug-likeness (QED) is 0.746. The highest BCUT2D eigenvalue weighted by Gasteiger charge is 2.09. The third kappa shape index (κ3) is 2.33. The first-order valence-electron chi connectivity index (χ1n) is 5.98. The summed E-state index contributed by atoms with van der Waals surface area (Å²) in [6, 6.07) is 7.60. The summed E-state index contributed by atoms with van der Waals surface area (Å²) in [6.07, 6.45) is 1.53. The predicted molar refractivity (Wildman–Crippen MR) is 73.4 cm³/mol. The summed E-state index contributed by atoms with van der Waals surface area (Å²) in [5.41, 5.74) is 7.73. The molecule has 1 aromatic carbocycles. The molecule has 2 heterocycles. The Hall–Kier alpha value is -2.83. The lowest BCUT2D eigenvalue weighted by atomic mass is 10.2. The van der Waals surface area contributed by atoms with Crippen molar-refractivity contribution in [2.45, 2.75) is 6.61 Å². The van der Waals surface area contributed by atoms with Crippen LogP contribution in [0.1, 0.15) is 5.56 Å². The van der Waals surface area contributed by atoms with Gasteiger partial charge < -0.3 is 20.2 Å². The number of hydrogen-bond acceptors (Lipinski definition) is 6. The van der Waals surface area contributed by atoms with Gasteiger partial charge in [-0.05, 0) is 17.7 Å². The monoisotopic (exact) mass is 271 g/mol. The molecule has 0 fully saturated rings. The molecule has 102 valence electrons. The van der Waals surface area contributed by atoms with E-state index in [9.17, 15) is 0 Å². The molecule has 3 N–H and O–H groups in total. The fraction of sp³-hybridized carbons (Fsp3) is 0.154. The number of nitrogen functional groups attached to an aromatic ring is 1. The minimum Gasteiger partial charge on any atom is -0.497 e. The van der Waals surface area contributed by atoms with Gasteiger partial charge in [-0.2, -0.15) is 9.97 Å². The standard InChI is InChI=1S/C13H13N5O2/c1-19-9-4-2-8(3-5-9)6-20-12-10-11(16-7-15-10)17-13(14)18-12/h2-5,7H,6H2,1H3,(H3,14,15,16,17,18). The number of ether oxygens (including phenoxy) is 2. The van der Waals surface area contributed by atoms with Gasteiger partial charge in [0.1, 0.15) is 17.9 Å². The third-order valence-electron chi connectivity index (χ3n) is 2.80. The minimum atomic E-state index is 0.134. The minimum absolute atomic E-state index is 0.134. The fourth-order valence-corrected chi connectivity index (χ4v) is 1.80. The lowest BCUT2D eigenvalue weighted by Gasteiger charge is -2.07. The second-order valence-corrected chi connectivity index (χ2v) is 4.12. The van der Waals surface area contributed by atoms with E-state index in [-0.39, 0.29) is 5.95 Å². The molecule has 0 aliphatic carbocycles. The van der Waals surface area contributed by atoms with Crippen LogP contribution in [-0.4, -0.2) is 27.0 Å². The zero-order valence-electron chi connectivity index (χ0n) is 10.8. The highest BCUT2D eigenvalue weighted by Crippen LogP contribution is 2.21. The van der Waals surface area contributed by atoms with Crippen LogP contribution < -0.4 is 15.2 Å². The number of hydrogen-bond donors (Lipinski definition) is 2. The molecule has 0 aliphatic heterocycles. The zero-order chi connectivity index (χ0) is 13.9. The number of aromatic amines is 1. The highest BCUT2D eigenvalue weighted by molar-refractivity contribution is 5.76. The number of nitrogens with zero attached hydrogens (tertiary/aromatic N) is 3. The number of benzene rings is 1. The molecular formula is C13H13N5O2. The lowest BCUT2D eigenvalue weighted by Crippen LogP contribution is -2.02. The van der Waals surface area contributed by atoms with Crippen LogP contribution in [0.5, 0.6) is 11.6 Å². The molecule has 7 heteroatoms. The average molecular weight is 271 g/mol. The molecule has 0 aliphatic rings. The molecule has 0 atom stereocenters. The van der Waals surface area contributed by atoms with Crippen LogP contribution in [0.2, 0.25) is 0 Å². The molecule has 3 rings (SSSR count). The molecule has 0 amide bonds. The first-order chi connectivity index (χ1) is 9.76. The molecule has 20 heavy (non-hydrogen) atoms. The second kappa shape index (κ2) is 5.04. The van der Waals surface area contributed by atoms with Gasteiger partial charge in [-0.1, -0.05) is 12.1 Å². The SMILES string of the molecule is COc1ccc(COc2nc(N)nc3nc[nH]c23)cc1. The Bertz CT molecular complexity index is 723. The largest absolute Gasteiger partial charge is 0.497 e. The molecule has 0 radical (unpaired) electrons. The molecule has 0 saturated heterocycles. The molecule has 0 saturated carbocycles. The van der Waals surface area contributed by atoms with E-state index in [4.69, 9.17) is 15.2 Å². The van der Waals surface area contributed by atoms with E-state index in [1.165, 1.54) is 6.33 Å². The number of fused-ring (bicyclic) bond motifs is 1. The average Bonchev–Trinajstić information content (AvgIpc) is 2.93. The van der Waals surface area contributed by atoms with Gasteiger partial charge in [-0.25, -0.2) is 4.98 Å². The van der Waals surface area contributed by atoms with Crippen molar-refractivity contribution >= 4 is 17.1 Å². The number of imidazole rings is 1. The number of methoxy groups -OCH3 is 1. The first-order valence-corrected chi connectivity index (χ1v) is 5.98. The topological polar surface area (TPSA) is 98.9 Å². The lowest BCUT2D eigenvalue weighted by molar-refractivity contribution is 0.297. The fourth-order valence-electron chi connectivity index (χ4n) is 1.80. The molecule has 2 aromatic heterocycles. The Balaban J connectivity index is 1.80. The van der Waals surface area contributed by atoms with Crippen molar-refractivity contribution in [1.82, 2.24) is 19.9 Å². The van der Waals surface area contributed by atoms with Crippen molar-refractivity contribution in [3.05, 3.63) is 36.2 Å². The number of nitrogens with two attached hydrogens (primary N) is 1. The smallest absolute Gasteiger partial charge is 0.245 e. The maximum Gasteiger partial charge on any atom is 0.245 e. The Kier molecular flexibility index (Phi) is 3.08. The molecule has 0 bridgehead atoms. The summed E-state index contributed by atoms with van der Waals surface area (Å²) in [7, 11) is 1.63. The van der Waals surface area contributed by atoms with E-state index < -0.39 is 0 Å². The number of aromatic nitrogens is 4. The van der Waals surface area contributed by atoms with Crippen LogP contribution in [0.25, 0.3) is 11.2 Å². The van der Waals surface area contributed by atoms with E-state index in [2.05, 4.69) is 19.9 Å². The summed E-state index contributed by atoms with van der Waals surface area (Å²) >= 11 is 0. The molecular weight excluding hydrogens is 258 g/mol. The van der Waals surface area contributed by atoms with E-state index >= 15 is 0 Å². The van der Waals surface area contributed by atoms with Crippen molar-refractivity contribution in [3.63, 3.8) is 0 Å². The van der Waals surface area contributed by atoms with E-state index in [0.717, 1.165) is 11.3 Å². The molecule has 0 spiro atoms. The van der Waals surface area contributed by atoms with E-state index in [1.54, 1.807) is 7.11 Å². The summed E-state index contributed by atoms with van der Waals surface area (Å²) in [5, 5.41) is 0. The summed E-state index contributed by atoms with van der Waals surface area (Å²) in [4.78, 5) is 15.0. The van der Waals surface area contributed by atoms with Crippen molar-refractivity contribution in [2.75, 3.05) is 12.8 Å². The molecule has 3 aromatic rings. The van der Waals surface area contributed by atoms with Crippen LogP contribution in [-0.2, 0) is 6.61 Å². The van der Waals surface area contributed by atoms with Crippen molar-refractivity contribution < 1.29 is 9.47 Å². The van der Waals surface area contributed by atoms with Gasteiger partial charge in [0.2, 0.25) is 11.8 Å². The Labute approximate surface area is 114 Å². The molecule has 7 nitrogen and oxygen atoms in total. The van der Waals surface area contributed by atoms with E-state index in [1.807, 2.05) is 24.3 Å². The summed E-state index contributed by atoms with van der Waals surface area (Å²) in [5.74, 6) is 1.33. The van der Waals surface area contributed by atoms with Crippen LogP contribution in [0, 0.1) is 0 Å². The number of nitrogens with one attached hydrogen (secondary N) is 1. The van der Waals surface area contributed by atoms with Gasteiger partial charge in [-0.3, -0.25) is 0 Å². The highest BCUT2D eigenvalue weighted by atomic mass is 16.5. The zero-order valence-corrected chi connectivity index (χ0v) is 10.8. The van der Waals surface area contributed by atoms with Crippen molar-refractivity contribution in [1.29, 1.82) is 0 Å². The van der Waals surface area contributed by atoms with Gasteiger partial charge in [0, 0.05) is 0 Å². The van der Waals surface area contributed by atoms with Gasteiger partial charge in [0.15, 0.2) is 5.65 Å². The first kappa shape index (κ1) is 12.2. The third-order valence-corrected chi connectivity index (χ3v) is 2.80. The van der Waals surface area contributed by atoms with Crippen LogP contribution in [0.4, 0.5) is 5.95 Å². The Morgan fingerprint density at radius 3 is 2.75 bits per heavy atom. The predicted octanol–water partition coefficient (Wildman–Crippen LogP) is 1.52. The van der Waals surface area contributed by atoms with Gasteiger partial charge in [0.05, 0.1) is 13.4 Å². The van der Waals surface area contributed by atoms with Gasteiger partial charge in [0.25, 0.3) is 0 Å².